The van der Waals surface area contributed by atoms with Crippen molar-refractivity contribution in [1.82, 2.24) is 9.62 Å². The van der Waals surface area contributed by atoms with Gasteiger partial charge in [-0.2, -0.15) is 0 Å². The second-order valence-corrected chi connectivity index (χ2v) is 8.48. The van der Waals surface area contributed by atoms with E-state index in [0.29, 0.717) is 5.75 Å². The summed E-state index contributed by atoms with van der Waals surface area (Å²) in [5.41, 5.74) is 1.91. The molecule has 0 radical (unpaired) electrons. The number of ether oxygens (including phenoxy) is 1. The summed E-state index contributed by atoms with van der Waals surface area (Å²) in [5.74, 6) is 0.371. The van der Waals surface area contributed by atoms with Crippen molar-refractivity contribution in [1.29, 1.82) is 0 Å². The Hall–Kier alpha value is -2.38. The van der Waals surface area contributed by atoms with Gasteiger partial charge in [0.15, 0.2) is 6.61 Å². The molecule has 0 aliphatic carbocycles. The number of carbonyl (C=O) groups is 1. The Labute approximate surface area is 161 Å². The van der Waals surface area contributed by atoms with Gasteiger partial charge in [0.25, 0.3) is 5.91 Å². The van der Waals surface area contributed by atoms with Crippen molar-refractivity contribution < 1.29 is 17.9 Å². The molecule has 0 saturated heterocycles. The van der Waals surface area contributed by atoms with Crippen LogP contribution in [-0.2, 0) is 21.4 Å². The van der Waals surface area contributed by atoms with E-state index in [4.69, 9.17) is 4.74 Å². The zero-order valence-electron chi connectivity index (χ0n) is 15.9. The number of nitrogens with one attached hydrogen (secondary N) is 1. The lowest BCUT2D eigenvalue weighted by Crippen LogP contribution is -2.32. The summed E-state index contributed by atoms with van der Waals surface area (Å²) >= 11 is 0. The fourth-order valence-corrected chi connectivity index (χ4v) is 2.94. The SMILES string of the molecule is CC[C@H](NC(=O)COc1ccc(CN(C)S(C)(=O)=O)cc1)c1ccccc1. The molecule has 1 atom stereocenters. The van der Waals surface area contributed by atoms with E-state index in [1.165, 1.54) is 17.6 Å². The highest BCUT2D eigenvalue weighted by molar-refractivity contribution is 7.88. The molecule has 2 aromatic rings. The number of amides is 1. The molecule has 0 spiro atoms. The summed E-state index contributed by atoms with van der Waals surface area (Å²) in [7, 11) is -1.69. The van der Waals surface area contributed by atoms with Crippen LogP contribution in [0.1, 0.15) is 30.5 Å². The van der Waals surface area contributed by atoms with Crippen molar-refractivity contribution in [2.75, 3.05) is 19.9 Å². The van der Waals surface area contributed by atoms with Crippen LogP contribution < -0.4 is 10.1 Å². The summed E-state index contributed by atoms with van der Waals surface area (Å²) in [4.78, 5) is 12.2. The van der Waals surface area contributed by atoms with E-state index in [9.17, 15) is 13.2 Å². The van der Waals surface area contributed by atoms with Crippen molar-refractivity contribution in [3.63, 3.8) is 0 Å². The summed E-state index contributed by atoms with van der Waals surface area (Å²) in [6.07, 6.45) is 1.96. The fraction of sp³-hybridized carbons (Fsp3) is 0.350. The van der Waals surface area contributed by atoms with E-state index < -0.39 is 10.0 Å². The van der Waals surface area contributed by atoms with Gasteiger partial charge in [-0.05, 0) is 29.7 Å². The van der Waals surface area contributed by atoms with Crippen LogP contribution in [-0.4, -0.2) is 38.5 Å². The molecule has 2 rings (SSSR count). The Morgan fingerprint density at radius 3 is 2.30 bits per heavy atom. The van der Waals surface area contributed by atoms with Crippen LogP contribution in [0.2, 0.25) is 0 Å². The number of hydrogen-bond acceptors (Lipinski definition) is 4. The lowest BCUT2D eigenvalue weighted by atomic mass is 10.0. The minimum absolute atomic E-state index is 0.0452. The predicted octanol–water partition coefficient (Wildman–Crippen LogP) is 2.72. The molecule has 146 valence electrons. The molecule has 0 aliphatic rings. The largest absolute Gasteiger partial charge is 0.484 e. The average Bonchev–Trinajstić information content (AvgIpc) is 2.65. The zero-order chi connectivity index (χ0) is 19.9. The summed E-state index contributed by atoms with van der Waals surface area (Å²) in [6.45, 7) is 2.23. The van der Waals surface area contributed by atoms with Crippen molar-refractivity contribution in [3.05, 3.63) is 65.7 Å². The van der Waals surface area contributed by atoms with Gasteiger partial charge in [0.1, 0.15) is 5.75 Å². The number of rotatable bonds is 9. The van der Waals surface area contributed by atoms with Crippen molar-refractivity contribution in [2.45, 2.75) is 25.9 Å². The molecule has 7 heteroatoms. The zero-order valence-corrected chi connectivity index (χ0v) is 16.7. The van der Waals surface area contributed by atoms with Gasteiger partial charge < -0.3 is 10.1 Å². The van der Waals surface area contributed by atoms with Gasteiger partial charge in [0.2, 0.25) is 10.0 Å². The van der Waals surface area contributed by atoms with E-state index in [1.807, 2.05) is 37.3 Å². The number of hydrogen-bond donors (Lipinski definition) is 1. The lowest BCUT2D eigenvalue weighted by molar-refractivity contribution is -0.123. The summed E-state index contributed by atoms with van der Waals surface area (Å²) in [5, 5.41) is 2.97. The predicted molar refractivity (Wildman–Crippen MR) is 106 cm³/mol. The maximum atomic E-state index is 12.2. The highest BCUT2D eigenvalue weighted by Gasteiger charge is 2.13. The van der Waals surface area contributed by atoms with Crippen LogP contribution in [0.4, 0.5) is 0 Å². The van der Waals surface area contributed by atoms with E-state index in [1.54, 1.807) is 24.3 Å². The molecule has 0 aliphatic heterocycles. The number of carbonyl (C=O) groups excluding carboxylic acids is 1. The van der Waals surface area contributed by atoms with Gasteiger partial charge in [-0.25, -0.2) is 12.7 Å². The third kappa shape index (κ3) is 6.69. The first-order valence-electron chi connectivity index (χ1n) is 8.77. The molecule has 1 amide bonds. The molecule has 6 nitrogen and oxygen atoms in total. The van der Waals surface area contributed by atoms with Crippen LogP contribution in [0.15, 0.2) is 54.6 Å². The Morgan fingerprint density at radius 1 is 1.11 bits per heavy atom. The Bertz CT molecular complexity index is 836. The molecule has 1 N–H and O–H groups in total. The minimum atomic E-state index is -3.22. The van der Waals surface area contributed by atoms with E-state index >= 15 is 0 Å². The van der Waals surface area contributed by atoms with Crippen LogP contribution in [0, 0.1) is 0 Å². The Balaban J connectivity index is 1.86. The highest BCUT2D eigenvalue weighted by atomic mass is 32.2. The van der Waals surface area contributed by atoms with E-state index in [0.717, 1.165) is 17.5 Å². The van der Waals surface area contributed by atoms with Crippen LogP contribution in [0.3, 0.4) is 0 Å². The quantitative estimate of drug-likeness (QED) is 0.714. The monoisotopic (exact) mass is 390 g/mol. The van der Waals surface area contributed by atoms with Crippen molar-refractivity contribution in [2.24, 2.45) is 0 Å². The first-order chi connectivity index (χ1) is 12.8. The molecule has 0 fully saturated rings. The number of sulfonamides is 1. The normalized spacial score (nSPS) is 12.6. The van der Waals surface area contributed by atoms with Crippen molar-refractivity contribution in [3.8, 4) is 5.75 Å². The molecule has 0 aromatic heterocycles. The summed E-state index contributed by atoms with van der Waals surface area (Å²) in [6, 6.07) is 16.8. The standard InChI is InChI=1S/C20H26N2O4S/c1-4-19(17-8-6-5-7-9-17)21-20(23)15-26-18-12-10-16(11-13-18)14-22(2)27(3,24)25/h5-13,19H,4,14-15H2,1-3H3,(H,21,23)/t19-/m0/s1. The topological polar surface area (TPSA) is 75.7 Å². The third-order valence-corrected chi connectivity index (χ3v) is 5.47. The second kappa shape index (κ2) is 9.53. The molecule has 0 heterocycles. The molecular formula is C20H26N2O4S. The highest BCUT2D eigenvalue weighted by Crippen LogP contribution is 2.17. The van der Waals surface area contributed by atoms with Gasteiger partial charge >= 0.3 is 0 Å². The maximum Gasteiger partial charge on any atom is 0.258 e. The fourth-order valence-electron chi connectivity index (χ4n) is 2.56. The summed E-state index contributed by atoms with van der Waals surface area (Å²) < 4.78 is 29.7. The number of benzene rings is 2. The molecule has 27 heavy (non-hydrogen) atoms. The van der Waals surface area contributed by atoms with Gasteiger partial charge in [0.05, 0.1) is 12.3 Å². The number of nitrogens with zero attached hydrogens (tertiary/aromatic N) is 1. The van der Waals surface area contributed by atoms with Crippen LogP contribution in [0.5, 0.6) is 5.75 Å². The van der Waals surface area contributed by atoms with Crippen LogP contribution in [0.25, 0.3) is 0 Å². The van der Waals surface area contributed by atoms with E-state index in [2.05, 4.69) is 5.32 Å². The first kappa shape index (κ1) is 20.9. The van der Waals surface area contributed by atoms with E-state index in [-0.39, 0.29) is 25.1 Å². The molecule has 2 aromatic carbocycles. The van der Waals surface area contributed by atoms with Gasteiger partial charge in [-0.15, -0.1) is 0 Å². The van der Waals surface area contributed by atoms with Crippen LogP contribution >= 0.6 is 0 Å². The smallest absolute Gasteiger partial charge is 0.258 e. The van der Waals surface area contributed by atoms with Gasteiger partial charge in [-0.3, -0.25) is 4.79 Å². The second-order valence-electron chi connectivity index (χ2n) is 6.39. The Morgan fingerprint density at radius 2 is 1.74 bits per heavy atom. The molecule has 0 unspecified atom stereocenters. The maximum absolute atomic E-state index is 12.2. The van der Waals surface area contributed by atoms with Gasteiger partial charge in [-0.1, -0.05) is 49.4 Å². The lowest BCUT2D eigenvalue weighted by Gasteiger charge is -2.18. The molecule has 0 bridgehead atoms. The van der Waals surface area contributed by atoms with Crippen molar-refractivity contribution >= 4 is 15.9 Å². The third-order valence-electron chi connectivity index (χ3n) is 4.21. The first-order valence-corrected chi connectivity index (χ1v) is 10.6. The average molecular weight is 391 g/mol. The molecular weight excluding hydrogens is 364 g/mol. The van der Waals surface area contributed by atoms with Gasteiger partial charge in [0, 0.05) is 13.6 Å². The minimum Gasteiger partial charge on any atom is -0.484 e. The molecule has 0 saturated carbocycles. The Kier molecular flexibility index (Phi) is 7.38.